The van der Waals surface area contributed by atoms with Gasteiger partial charge in [-0.2, -0.15) is 0 Å². The Kier molecular flexibility index (Phi) is 10.7. The van der Waals surface area contributed by atoms with Gasteiger partial charge in [-0.3, -0.25) is 9.79 Å². The standard InChI is InChI=1S/C25H35N3O10S/c1-5-7-15(16-9-14(35-8-6-2)10-18(30)36-16)26-24(34)25(4)12-39-22(27-25)13(3)28-38-23-21(33)20(32)19(31)17(11-29)37-23/h6,9-10,15,17,19-21,23,29,31-33H,2,5,7-8,11-12H2,1,3-4H3,(H,26,34)/b28-13+/t15-,17-,19-,20+,21+,23-,25+/m1/s1. The lowest BCUT2D eigenvalue weighted by Gasteiger charge is -2.38. The van der Waals surface area contributed by atoms with E-state index in [4.69, 9.17) is 18.7 Å². The predicted molar refractivity (Wildman–Crippen MR) is 143 cm³/mol. The number of aliphatic hydroxyl groups excluding tert-OH is 4. The second kappa shape index (κ2) is 13.5. The van der Waals surface area contributed by atoms with Gasteiger partial charge in [-0.15, -0.1) is 11.8 Å². The third-order valence-electron chi connectivity index (χ3n) is 6.14. The number of hydrogen-bond donors (Lipinski definition) is 5. The first-order valence-corrected chi connectivity index (χ1v) is 13.4. The number of amides is 1. The molecule has 14 heteroatoms. The Balaban J connectivity index is 1.71. The predicted octanol–water partition coefficient (Wildman–Crippen LogP) is 0.258. The molecule has 0 spiro atoms. The van der Waals surface area contributed by atoms with E-state index >= 15 is 0 Å². The van der Waals surface area contributed by atoms with Crippen molar-refractivity contribution >= 4 is 28.4 Å². The fourth-order valence-electron chi connectivity index (χ4n) is 3.89. The lowest BCUT2D eigenvalue weighted by molar-refractivity contribution is -0.301. The number of carbonyl (C=O) groups is 1. The molecule has 5 N–H and O–H groups in total. The van der Waals surface area contributed by atoms with E-state index in [2.05, 4.69) is 22.0 Å². The maximum Gasteiger partial charge on any atom is 0.339 e. The first-order chi connectivity index (χ1) is 18.5. The highest BCUT2D eigenvalue weighted by Gasteiger charge is 2.45. The van der Waals surface area contributed by atoms with E-state index in [1.807, 2.05) is 6.92 Å². The smallest absolute Gasteiger partial charge is 0.339 e. The van der Waals surface area contributed by atoms with Crippen LogP contribution in [0.5, 0.6) is 5.75 Å². The average Bonchev–Trinajstić information content (AvgIpc) is 3.33. The van der Waals surface area contributed by atoms with Gasteiger partial charge in [0.15, 0.2) is 0 Å². The van der Waals surface area contributed by atoms with Gasteiger partial charge in [-0.1, -0.05) is 31.2 Å². The van der Waals surface area contributed by atoms with Crippen molar-refractivity contribution in [2.45, 2.75) is 75.9 Å². The largest absolute Gasteiger partial charge is 0.489 e. The molecule has 216 valence electrons. The van der Waals surface area contributed by atoms with Gasteiger partial charge in [0.25, 0.3) is 6.29 Å². The molecule has 1 saturated heterocycles. The second-order valence-electron chi connectivity index (χ2n) is 9.39. The summed E-state index contributed by atoms with van der Waals surface area (Å²) in [7, 11) is 0. The Morgan fingerprint density at radius 2 is 2.10 bits per heavy atom. The van der Waals surface area contributed by atoms with Gasteiger partial charge in [0, 0.05) is 11.8 Å². The van der Waals surface area contributed by atoms with Crippen LogP contribution in [0.15, 0.2) is 44.1 Å². The van der Waals surface area contributed by atoms with Crippen molar-refractivity contribution in [2.75, 3.05) is 19.0 Å². The van der Waals surface area contributed by atoms with E-state index < -0.39 is 54.5 Å². The van der Waals surface area contributed by atoms with Gasteiger partial charge in [-0.05, 0) is 20.3 Å². The van der Waals surface area contributed by atoms with Crippen LogP contribution < -0.4 is 15.7 Å². The van der Waals surface area contributed by atoms with Crippen molar-refractivity contribution in [1.82, 2.24) is 5.32 Å². The summed E-state index contributed by atoms with van der Waals surface area (Å²) in [6.07, 6.45) is -4.54. The molecule has 1 aromatic rings. The highest BCUT2D eigenvalue weighted by molar-refractivity contribution is 8.16. The van der Waals surface area contributed by atoms with Crippen molar-refractivity contribution in [1.29, 1.82) is 0 Å². The molecule has 13 nitrogen and oxygen atoms in total. The molecule has 3 rings (SSSR count). The molecule has 1 fully saturated rings. The van der Waals surface area contributed by atoms with Gasteiger partial charge in [0.05, 0.1) is 18.7 Å². The summed E-state index contributed by atoms with van der Waals surface area (Å²) in [6.45, 7) is 8.38. The zero-order chi connectivity index (χ0) is 28.7. The van der Waals surface area contributed by atoms with Crippen LogP contribution >= 0.6 is 11.8 Å². The normalized spacial score (nSPS) is 29.9. The van der Waals surface area contributed by atoms with Crippen LogP contribution in [0.2, 0.25) is 0 Å². The maximum atomic E-state index is 13.3. The monoisotopic (exact) mass is 569 g/mol. The van der Waals surface area contributed by atoms with E-state index in [0.717, 1.165) is 0 Å². The minimum absolute atomic E-state index is 0.210. The van der Waals surface area contributed by atoms with Gasteiger partial charge < -0.3 is 44.5 Å². The summed E-state index contributed by atoms with van der Waals surface area (Å²) in [5.74, 6) is 0.490. The zero-order valence-electron chi connectivity index (χ0n) is 22.0. The number of aliphatic imine (C=N–C) groups is 1. The number of ether oxygens (including phenoxy) is 2. The number of nitrogens with zero attached hydrogens (tertiary/aromatic N) is 2. The van der Waals surface area contributed by atoms with Gasteiger partial charge in [0.1, 0.15) is 58.8 Å². The topological polar surface area (TPSA) is 193 Å². The molecule has 0 aromatic carbocycles. The Morgan fingerprint density at radius 3 is 2.77 bits per heavy atom. The molecule has 2 aliphatic heterocycles. The second-order valence-corrected chi connectivity index (χ2v) is 10.4. The number of aliphatic hydroxyl groups is 4. The fourth-order valence-corrected chi connectivity index (χ4v) is 5.02. The summed E-state index contributed by atoms with van der Waals surface area (Å²) in [4.78, 5) is 35.2. The van der Waals surface area contributed by atoms with E-state index in [9.17, 15) is 30.0 Å². The lowest BCUT2D eigenvalue weighted by Crippen LogP contribution is -2.58. The minimum Gasteiger partial charge on any atom is -0.489 e. The Bertz CT molecular complexity index is 1140. The molecule has 39 heavy (non-hydrogen) atoms. The molecular formula is C25H35N3O10S. The summed E-state index contributed by atoms with van der Waals surface area (Å²) in [5, 5.41) is 46.5. The summed E-state index contributed by atoms with van der Waals surface area (Å²) < 4.78 is 16.1. The van der Waals surface area contributed by atoms with E-state index in [-0.39, 0.29) is 24.0 Å². The van der Waals surface area contributed by atoms with Crippen molar-refractivity contribution in [2.24, 2.45) is 10.1 Å². The Labute approximate surface area is 229 Å². The van der Waals surface area contributed by atoms with Crippen molar-refractivity contribution < 1.29 is 43.9 Å². The van der Waals surface area contributed by atoms with Crippen LogP contribution in [-0.2, 0) is 14.4 Å². The number of thioether (sulfide) groups is 1. The number of rotatable bonds is 12. The zero-order valence-corrected chi connectivity index (χ0v) is 22.8. The Morgan fingerprint density at radius 1 is 1.36 bits per heavy atom. The minimum atomic E-state index is -1.61. The molecule has 0 unspecified atom stereocenters. The lowest BCUT2D eigenvalue weighted by atomic mass is 9.99. The van der Waals surface area contributed by atoms with E-state index in [1.165, 1.54) is 17.8 Å². The van der Waals surface area contributed by atoms with Crippen LogP contribution in [0.25, 0.3) is 0 Å². The highest BCUT2D eigenvalue weighted by atomic mass is 32.2. The summed E-state index contributed by atoms with van der Waals surface area (Å²) in [5.41, 5.74) is -1.48. The first-order valence-electron chi connectivity index (χ1n) is 12.5. The van der Waals surface area contributed by atoms with Crippen molar-refractivity contribution in [3.8, 4) is 5.75 Å². The quantitative estimate of drug-likeness (QED) is 0.132. The molecule has 0 bridgehead atoms. The average molecular weight is 570 g/mol. The molecule has 7 atom stereocenters. The molecular weight excluding hydrogens is 534 g/mol. The van der Waals surface area contributed by atoms with Gasteiger partial charge in [-0.25, -0.2) is 4.79 Å². The van der Waals surface area contributed by atoms with Gasteiger partial charge in [0.2, 0.25) is 5.91 Å². The first kappa shape index (κ1) is 30.8. The maximum absolute atomic E-state index is 13.3. The molecule has 2 aliphatic rings. The third-order valence-corrected chi connectivity index (χ3v) is 7.50. The van der Waals surface area contributed by atoms with Crippen LogP contribution in [-0.4, -0.2) is 92.3 Å². The van der Waals surface area contributed by atoms with Crippen LogP contribution in [0.1, 0.15) is 45.4 Å². The Hall–Kier alpha value is -2.75. The van der Waals surface area contributed by atoms with Crippen molar-refractivity contribution in [3.05, 3.63) is 41.0 Å². The van der Waals surface area contributed by atoms with E-state index in [1.54, 1.807) is 26.0 Å². The van der Waals surface area contributed by atoms with Crippen LogP contribution in [0.4, 0.5) is 0 Å². The molecule has 0 saturated carbocycles. The summed E-state index contributed by atoms with van der Waals surface area (Å²) >= 11 is 1.27. The fraction of sp³-hybridized carbons (Fsp3) is 0.600. The van der Waals surface area contributed by atoms with Crippen LogP contribution in [0, 0.1) is 0 Å². The van der Waals surface area contributed by atoms with Crippen LogP contribution in [0.3, 0.4) is 0 Å². The number of nitrogens with one attached hydrogen (secondary N) is 1. The molecule has 0 aliphatic carbocycles. The van der Waals surface area contributed by atoms with Crippen molar-refractivity contribution in [3.63, 3.8) is 0 Å². The summed E-state index contributed by atoms with van der Waals surface area (Å²) in [6, 6.07) is 2.20. The number of carbonyl (C=O) groups excluding carboxylic acids is 1. The van der Waals surface area contributed by atoms with E-state index in [0.29, 0.717) is 29.4 Å². The molecule has 3 heterocycles. The molecule has 1 aromatic heterocycles. The molecule has 0 radical (unpaired) electrons. The molecule has 1 amide bonds. The SMILES string of the molecule is C=CCOc1cc([C@@H](CCC)NC(=O)[C@]2(C)CSC(/C(C)=N/O[C@H]3O[C@H](CO)[C@@H](O)[C@H](O)[C@@H]3O)=N2)oc(=O)c1. The third kappa shape index (κ3) is 7.47. The number of hydrogen-bond acceptors (Lipinski definition) is 13. The van der Waals surface area contributed by atoms with Gasteiger partial charge >= 0.3 is 5.63 Å². The highest BCUT2D eigenvalue weighted by Crippen LogP contribution is 2.31. The number of oxime groups is 1.